The molecule has 0 spiro atoms. The molecule has 0 aromatic carbocycles. The molecule has 2 aromatic rings. The molecule has 162 valence electrons. The van der Waals surface area contributed by atoms with Crippen LogP contribution in [0.2, 0.25) is 0 Å². The summed E-state index contributed by atoms with van der Waals surface area (Å²) in [5, 5.41) is 2.91. The molecule has 2 aliphatic rings. The fraction of sp³-hybridized carbons (Fsp3) is 0.391. The van der Waals surface area contributed by atoms with Crippen LogP contribution in [0.15, 0.2) is 48.7 Å². The first-order valence-corrected chi connectivity index (χ1v) is 10.2. The largest absolute Gasteiger partial charge is 0.495 e. The van der Waals surface area contributed by atoms with Crippen molar-refractivity contribution in [3.63, 3.8) is 0 Å². The monoisotopic (exact) mass is 424 g/mol. The molecule has 1 saturated carbocycles. The molecule has 2 heterocycles. The Kier molecular flexibility index (Phi) is 5.71. The van der Waals surface area contributed by atoms with Crippen LogP contribution < -0.4 is 14.8 Å². The molecule has 31 heavy (non-hydrogen) atoms. The zero-order valence-electron chi connectivity index (χ0n) is 17.8. The molecule has 0 aliphatic heterocycles. The van der Waals surface area contributed by atoms with E-state index in [2.05, 4.69) is 20.3 Å². The van der Waals surface area contributed by atoms with Crippen molar-refractivity contribution in [1.82, 2.24) is 15.0 Å². The summed E-state index contributed by atoms with van der Waals surface area (Å²) in [6.45, 7) is 3.94. The Morgan fingerprint density at radius 3 is 2.90 bits per heavy atom. The minimum atomic E-state index is -0.504. The predicted octanol–water partition coefficient (Wildman–Crippen LogP) is 3.95. The van der Waals surface area contributed by atoms with Gasteiger partial charge in [-0.3, -0.25) is 9.78 Å². The minimum absolute atomic E-state index is 0.136. The van der Waals surface area contributed by atoms with E-state index in [-0.39, 0.29) is 36.6 Å². The first-order chi connectivity index (χ1) is 14.9. The Morgan fingerprint density at radius 2 is 2.16 bits per heavy atom. The van der Waals surface area contributed by atoms with Crippen molar-refractivity contribution in [2.24, 2.45) is 17.3 Å². The number of aryl methyl sites for hydroxylation is 2. The third-order valence-corrected chi connectivity index (χ3v) is 5.98. The van der Waals surface area contributed by atoms with Gasteiger partial charge in [0.1, 0.15) is 17.4 Å². The van der Waals surface area contributed by atoms with Gasteiger partial charge in [0.05, 0.1) is 43.7 Å². The van der Waals surface area contributed by atoms with E-state index in [0.29, 0.717) is 29.4 Å². The lowest BCUT2D eigenvalue weighted by Crippen LogP contribution is -2.30. The fourth-order valence-electron chi connectivity index (χ4n) is 4.14. The van der Waals surface area contributed by atoms with Crippen molar-refractivity contribution in [2.75, 3.05) is 19.0 Å². The van der Waals surface area contributed by atoms with Gasteiger partial charge in [0, 0.05) is 23.8 Å². The molecule has 4 rings (SSSR count). The molecule has 1 unspecified atom stereocenters. The molecular formula is C23H25FN4O3. The number of amides is 1. The second kappa shape index (κ2) is 8.45. The van der Waals surface area contributed by atoms with Gasteiger partial charge in [-0.25, -0.2) is 14.4 Å². The van der Waals surface area contributed by atoms with E-state index in [4.69, 9.17) is 9.47 Å². The van der Waals surface area contributed by atoms with Gasteiger partial charge < -0.3 is 14.8 Å². The summed E-state index contributed by atoms with van der Waals surface area (Å²) in [6, 6.07) is 1.71. The van der Waals surface area contributed by atoms with Crippen molar-refractivity contribution in [2.45, 2.75) is 26.7 Å². The SMILES string of the molecule is COc1cncc(NC(=O)[C@@H]2C[C@@]2(COc2cnc(C)nc2C)C2C=CC=C(F)C2)c1. The number of hydrogen-bond acceptors (Lipinski definition) is 6. The summed E-state index contributed by atoms with van der Waals surface area (Å²) in [5.41, 5.74) is 0.784. The van der Waals surface area contributed by atoms with E-state index < -0.39 is 5.41 Å². The standard InChI is InChI=1S/C23H25FN4O3/c1-14-21(12-26-15(2)27-14)31-13-23(16-5-4-6-17(24)7-16)9-20(23)22(29)28-18-8-19(30-3)11-25-10-18/h4-6,8,10-12,16,20H,7,9,13H2,1-3H3,(H,28,29)/t16?,20-,23+/m0/s1. The molecular weight excluding hydrogens is 399 g/mol. The highest BCUT2D eigenvalue weighted by atomic mass is 19.1. The topological polar surface area (TPSA) is 86.2 Å². The highest BCUT2D eigenvalue weighted by Crippen LogP contribution is 2.60. The number of carbonyl (C=O) groups is 1. The molecule has 7 nitrogen and oxygen atoms in total. The van der Waals surface area contributed by atoms with E-state index in [1.807, 2.05) is 19.9 Å². The number of allylic oxidation sites excluding steroid dienone is 4. The number of halogens is 1. The van der Waals surface area contributed by atoms with Crippen molar-refractivity contribution >= 4 is 11.6 Å². The number of ether oxygens (including phenoxy) is 2. The van der Waals surface area contributed by atoms with E-state index in [1.54, 1.807) is 37.8 Å². The number of rotatable bonds is 7. The third kappa shape index (κ3) is 4.42. The number of nitrogens with zero attached hydrogens (tertiary/aromatic N) is 3. The van der Waals surface area contributed by atoms with Gasteiger partial charge >= 0.3 is 0 Å². The quantitative estimate of drug-likeness (QED) is 0.724. The van der Waals surface area contributed by atoms with Crippen LogP contribution >= 0.6 is 0 Å². The van der Waals surface area contributed by atoms with Gasteiger partial charge in [-0.1, -0.05) is 12.2 Å². The number of methoxy groups -OCH3 is 1. The molecule has 0 saturated heterocycles. The third-order valence-electron chi connectivity index (χ3n) is 5.98. The van der Waals surface area contributed by atoms with Gasteiger partial charge in [-0.2, -0.15) is 0 Å². The molecule has 0 radical (unpaired) electrons. The number of anilines is 1. The average Bonchev–Trinajstić information content (AvgIpc) is 3.49. The maximum atomic E-state index is 14.0. The Labute approximate surface area is 180 Å². The summed E-state index contributed by atoms with van der Waals surface area (Å²) in [7, 11) is 1.54. The van der Waals surface area contributed by atoms with E-state index >= 15 is 0 Å². The van der Waals surface area contributed by atoms with Crippen LogP contribution in [-0.4, -0.2) is 34.6 Å². The smallest absolute Gasteiger partial charge is 0.228 e. The second-order valence-electron chi connectivity index (χ2n) is 8.06. The molecule has 2 aliphatic carbocycles. The van der Waals surface area contributed by atoms with Crippen molar-refractivity contribution in [3.05, 3.63) is 60.2 Å². The number of hydrogen-bond donors (Lipinski definition) is 1. The summed E-state index contributed by atoms with van der Waals surface area (Å²) >= 11 is 0. The van der Waals surface area contributed by atoms with Crippen LogP contribution in [0, 0.1) is 31.1 Å². The highest BCUT2D eigenvalue weighted by molar-refractivity contribution is 5.95. The summed E-state index contributed by atoms with van der Waals surface area (Å²) < 4.78 is 25.3. The molecule has 1 amide bonds. The zero-order valence-corrected chi connectivity index (χ0v) is 17.8. The van der Waals surface area contributed by atoms with Gasteiger partial charge in [0.25, 0.3) is 0 Å². The minimum Gasteiger partial charge on any atom is -0.495 e. The number of pyridine rings is 1. The molecule has 0 bridgehead atoms. The lowest BCUT2D eigenvalue weighted by atomic mass is 9.82. The van der Waals surface area contributed by atoms with Crippen molar-refractivity contribution < 1.29 is 18.7 Å². The van der Waals surface area contributed by atoms with Crippen molar-refractivity contribution in [3.8, 4) is 11.5 Å². The van der Waals surface area contributed by atoms with Crippen LogP contribution in [-0.2, 0) is 4.79 Å². The Bertz CT molecular complexity index is 1050. The predicted molar refractivity (Wildman–Crippen MR) is 113 cm³/mol. The van der Waals surface area contributed by atoms with Crippen LogP contribution in [0.4, 0.5) is 10.1 Å². The van der Waals surface area contributed by atoms with Crippen molar-refractivity contribution in [1.29, 1.82) is 0 Å². The summed E-state index contributed by atoms with van der Waals surface area (Å²) in [5.74, 6) is 1.01. The van der Waals surface area contributed by atoms with Gasteiger partial charge in [-0.15, -0.1) is 0 Å². The average molecular weight is 424 g/mol. The molecule has 3 atom stereocenters. The van der Waals surface area contributed by atoms with Gasteiger partial charge in [0.2, 0.25) is 5.91 Å². The van der Waals surface area contributed by atoms with Crippen LogP contribution in [0.5, 0.6) is 11.5 Å². The van der Waals surface area contributed by atoms with Crippen LogP contribution in [0.3, 0.4) is 0 Å². The Hall–Kier alpha value is -3.29. The van der Waals surface area contributed by atoms with E-state index in [1.165, 1.54) is 6.08 Å². The molecule has 1 fully saturated rings. The summed E-state index contributed by atoms with van der Waals surface area (Å²) in [6.07, 6.45) is 10.8. The van der Waals surface area contributed by atoms with Crippen LogP contribution in [0.1, 0.15) is 24.4 Å². The first-order valence-electron chi connectivity index (χ1n) is 10.2. The molecule has 1 N–H and O–H groups in total. The van der Waals surface area contributed by atoms with Gasteiger partial charge in [-0.05, 0) is 32.3 Å². The fourth-order valence-corrected chi connectivity index (χ4v) is 4.14. The first kappa shape index (κ1) is 21.0. The van der Waals surface area contributed by atoms with E-state index in [0.717, 1.165) is 5.69 Å². The maximum Gasteiger partial charge on any atom is 0.228 e. The molecule has 2 aromatic heterocycles. The van der Waals surface area contributed by atoms with Gasteiger partial charge in [0.15, 0.2) is 5.75 Å². The summed E-state index contributed by atoms with van der Waals surface area (Å²) in [4.78, 5) is 25.6. The van der Waals surface area contributed by atoms with E-state index in [9.17, 15) is 9.18 Å². The Balaban J connectivity index is 1.52. The number of carbonyl (C=O) groups excluding carboxylic acids is 1. The van der Waals surface area contributed by atoms with Crippen LogP contribution in [0.25, 0.3) is 0 Å². The zero-order chi connectivity index (χ0) is 22.0. The maximum absolute atomic E-state index is 14.0. The lowest BCUT2D eigenvalue weighted by molar-refractivity contribution is -0.118. The second-order valence-corrected chi connectivity index (χ2v) is 8.06. The number of aromatic nitrogens is 3. The normalized spacial score (nSPS) is 24.3. The Morgan fingerprint density at radius 1 is 1.32 bits per heavy atom. The molecule has 8 heteroatoms. The lowest BCUT2D eigenvalue weighted by Gasteiger charge is -2.27. The number of nitrogens with one attached hydrogen (secondary N) is 1. The highest BCUT2D eigenvalue weighted by Gasteiger charge is 2.62.